The van der Waals surface area contributed by atoms with Crippen molar-refractivity contribution in [1.29, 1.82) is 0 Å². The number of carbonyl (C=O) groups excluding carboxylic acids is 2. The van der Waals surface area contributed by atoms with Crippen molar-refractivity contribution in [3.8, 4) is 0 Å². The van der Waals surface area contributed by atoms with Gasteiger partial charge in [0.15, 0.2) is 5.78 Å². The first-order chi connectivity index (χ1) is 10.6. The van der Waals surface area contributed by atoms with Crippen LogP contribution in [0.2, 0.25) is 0 Å². The third-order valence-corrected chi connectivity index (χ3v) is 4.04. The first kappa shape index (κ1) is 14.5. The van der Waals surface area contributed by atoms with Crippen LogP contribution in [0.25, 0.3) is 0 Å². The molecule has 3 rings (SSSR count). The van der Waals surface area contributed by atoms with Crippen molar-refractivity contribution in [3.63, 3.8) is 0 Å². The van der Waals surface area contributed by atoms with Gasteiger partial charge in [-0.3, -0.25) is 9.59 Å². The summed E-state index contributed by atoms with van der Waals surface area (Å²) in [6.45, 7) is 1.49. The van der Waals surface area contributed by atoms with E-state index in [1.54, 1.807) is 24.3 Å². The number of carbonyl (C=O) groups is 2. The molecule has 112 valence electrons. The van der Waals surface area contributed by atoms with Gasteiger partial charge in [-0.15, -0.1) is 0 Å². The molecule has 0 aromatic heterocycles. The van der Waals surface area contributed by atoms with Crippen molar-refractivity contribution in [2.75, 3.05) is 0 Å². The average Bonchev–Trinajstić information content (AvgIpc) is 2.83. The lowest BCUT2D eigenvalue weighted by Crippen LogP contribution is -2.33. The second kappa shape index (κ2) is 5.73. The summed E-state index contributed by atoms with van der Waals surface area (Å²) in [6.07, 6.45) is -0.0671. The lowest BCUT2D eigenvalue weighted by Gasteiger charge is -2.18. The zero-order valence-corrected chi connectivity index (χ0v) is 12.2. The molecule has 0 saturated heterocycles. The number of rotatable bonds is 3. The largest absolute Gasteiger partial charge is 0.390 e. The van der Waals surface area contributed by atoms with Gasteiger partial charge in [0.1, 0.15) is 0 Å². The second-order valence-electron chi connectivity index (χ2n) is 5.55. The molecule has 4 heteroatoms. The van der Waals surface area contributed by atoms with Gasteiger partial charge in [0.2, 0.25) is 0 Å². The Morgan fingerprint density at radius 1 is 1.05 bits per heavy atom. The van der Waals surface area contributed by atoms with Crippen LogP contribution in [0.1, 0.15) is 44.8 Å². The quantitative estimate of drug-likeness (QED) is 0.854. The van der Waals surface area contributed by atoms with Gasteiger partial charge in [-0.1, -0.05) is 36.4 Å². The van der Waals surface area contributed by atoms with E-state index in [9.17, 15) is 14.7 Å². The van der Waals surface area contributed by atoms with E-state index in [1.807, 2.05) is 24.3 Å². The predicted molar refractivity (Wildman–Crippen MR) is 82.8 cm³/mol. The van der Waals surface area contributed by atoms with E-state index < -0.39 is 12.1 Å². The van der Waals surface area contributed by atoms with Crippen molar-refractivity contribution in [1.82, 2.24) is 5.32 Å². The molecule has 0 saturated carbocycles. The summed E-state index contributed by atoms with van der Waals surface area (Å²) in [5, 5.41) is 13.0. The second-order valence-corrected chi connectivity index (χ2v) is 5.55. The van der Waals surface area contributed by atoms with Gasteiger partial charge in [-0.05, 0) is 30.2 Å². The third-order valence-electron chi connectivity index (χ3n) is 4.04. The number of aliphatic hydroxyl groups is 1. The maximum absolute atomic E-state index is 12.3. The molecule has 0 bridgehead atoms. The molecule has 0 fully saturated rings. The summed E-state index contributed by atoms with van der Waals surface area (Å²) in [6, 6.07) is 13.8. The van der Waals surface area contributed by atoms with Crippen molar-refractivity contribution < 1.29 is 14.7 Å². The minimum atomic E-state index is -0.613. The summed E-state index contributed by atoms with van der Waals surface area (Å²) in [5.74, 6) is -0.289. The zero-order valence-electron chi connectivity index (χ0n) is 12.2. The minimum Gasteiger partial charge on any atom is -0.390 e. The first-order valence-corrected chi connectivity index (χ1v) is 7.24. The van der Waals surface area contributed by atoms with Crippen molar-refractivity contribution in [3.05, 3.63) is 70.8 Å². The summed E-state index contributed by atoms with van der Waals surface area (Å²) in [5.41, 5.74) is 3.07. The molecular formula is C18H17NO3. The van der Waals surface area contributed by atoms with Crippen LogP contribution in [0.5, 0.6) is 0 Å². The molecule has 1 amide bonds. The Kier molecular flexibility index (Phi) is 3.77. The number of ketones is 1. The minimum absolute atomic E-state index is 0.0351. The average molecular weight is 295 g/mol. The maximum atomic E-state index is 12.3. The Hall–Kier alpha value is -2.46. The fourth-order valence-electron chi connectivity index (χ4n) is 2.83. The standard InChI is InChI=1S/C18H17NO3/c1-11(20)12-6-8-13(9-7-12)18(22)19-17-15-5-3-2-4-14(15)10-16(17)21/h2-9,16-17,21H,10H2,1H3,(H,19,22). The molecular weight excluding hydrogens is 278 g/mol. The number of hydrogen-bond donors (Lipinski definition) is 2. The Bertz CT molecular complexity index is 721. The molecule has 2 aromatic rings. The van der Waals surface area contributed by atoms with Gasteiger partial charge in [-0.2, -0.15) is 0 Å². The van der Waals surface area contributed by atoms with Crippen LogP contribution >= 0.6 is 0 Å². The fourth-order valence-corrected chi connectivity index (χ4v) is 2.83. The summed E-state index contributed by atoms with van der Waals surface area (Å²) in [7, 11) is 0. The number of fused-ring (bicyclic) bond motifs is 1. The van der Waals surface area contributed by atoms with Crippen molar-refractivity contribution >= 4 is 11.7 Å². The number of nitrogens with one attached hydrogen (secondary N) is 1. The number of benzene rings is 2. The highest BCUT2D eigenvalue weighted by Gasteiger charge is 2.31. The van der Waals surface area contributed by atoms with Gasteiger partial charge in [0.05, 0.1) is 12.1 Å². The van der Waals surface area contributed by atoms with Crippen molar-refractivity contribution in [2.24, 2.45) is 0 Å². The SMILES string of the molecule is CC(=O)c1ccc(C(=O)NC2c3ccccc3CC2O)cc1. The molecule has 0 radical (unpaired) electrons. The number of Topliss-reactive ketones (excluding diaryl/α,β-unsaturated/α-hetero) is 1. The molecule has 1 aliphatic carbocycles. The Labute approximate surface area is 128 Å². The topological polar surface area (TPSA) is 66.4 Å². The van der Waals surface area contributed by atoms with Gasteiger partial charge in [0, 0.05) is 17.5 Å². The Balaban J connectivity index is 1.78. The molecule has 4 nitrogen and oxygen atoms in total. The summed E-state index contributed by atoms with van der Waals surface area (Å²) in [4.78, 5) is 23.6. The van der Waals surface area contributed by atoms with Gasteiger partial charge >= 0.3 is 0 Å². The van der Waals surface area contributed by atoms with Crippen LogP contribution in [0.3, 0.4) is 0 Å². The number of amides is 1. The van der Waals surface area contributed by atoms with Crippen LogP contribution in [0.15, 0.2) is 48.5 Å². The summed E-state index contributed by atoms with van der Waals surface area (Å²) < 4.78 is 0. The number of hydrogen-bond acceptors (Lipinski definition) is 3. The highest BCUT2D eigenvalue weighted by atomic mass is 16.3. The van der Waals surface area contributed by atoms with Crippen LogP contribution in [-0.4, -0.2) is 22.9 Å². The van der Waals surface area contributed by atoms with Crippen LogP contribution < -0.4 is 5.32 Å². The van der Waals surface area contributed by atoms with Crippen LogP contribution in [0, 0.1) is 0 Å². The van der Waals surface area contributed by atoms with E-state index in [1.165, 1.54) is 6.92 Å². The summed E-state index contributed by atoms with van der Waals surface area (Å²) >= 11 is 0. The highest BCUT2D eigenvalue weighted by Crippen LogP contribution is 2.31. The van der Waals surface area contributed by atoms with Crippen LogP contribution in [-0.2, 0) is 6.42 Å². The molecule has 22 heavy (non-hydrogen) atoms. The van der Waals surface area contributed by atoms with Crippen molar-refractivity contribution in [2.45, 2.75) is 25.5 Å². The van der Waals surface area contributed by atoms with E-state index in [0.717, 1.165) is 11.1 Å². The smallest absolute Gasteiger partial charge is 0.251 e. The molecule has 0 heterocycles. The molecule has 2 atom stereocenters. The lowest BCUT2D eigenvalue weighted by atomic mass is 10.1. The monoisotopic (exact) mass is 295 g/mol. The molecule has 2 aromatic carbocycles. The fraction of sp³-hybridized carbons (Fsp3) is 0.222. The highest BCUT2D eigenvalue weighted by molar-refractivity contribution is 5.97. The van der Waals surface area contributed by atoms with E-state index >= 15 is 0 Å². The Morgan fingerprint density at radius 2 is 1.68 bits per heavy atom. The normalized spacial score (nSPS) is 19.5. The molecule has 2 N–H and O–H groups in total. The molecule has 1 aliphatic rings. The van der Waals surface area contributed by atoms with E-state index in [0.29, 0.717) is 17.5 Å². The predicted octanol–water partition coefficient (Wildman–Crippen LogP) is 2.28. The third kappa shape index (κ3) is 2.65. The van der Waals surface area contributed by atoms with Gasteiger partial charge in [-0.25, -0.2) is 0 Å². The van der Waals surface area contributed by atoms with Crippen LogP contribution in [0.4, 0.5) is 0 Å². The van der Waals surface area contributed by atoms with Gasteiger partial charge < -0.3 is 10.4 Å². The first-order valence-electron chi connectivity index (χ1n) is 7.24. The maximum Gasteiger partial charge on any atom is 0.251 e. The van der Waals surface area contributed by atoms with E-state index in [-0.39, 0.29) is 11.7 Å². The van der Waals surface area contributed by atoms with E-state index in [2.05, 4.69) is 5.32 Å². The Morgan fingerprint density at radius 3 is 2.36 bits per heavy atom. The molecule has 0 spiro atoms. The number of aliphatic hydroxyl groups excluding tert-OH is 1. The lowest BCUT2D eigenvalue weighted by molar-refractivity contribution is 0.0857. The molecule has 0 aliphatic heterocycles. The molecule has 2 unspecified atom stereocenters. The zero-order chi connectivity index (χ0) is 15.7. The van der Waals surface area contributed by atoms with E-state index in [4.69, 9.17) is 0 Å². The van der Waals surface area contributed by atoms with Gasteiger partial charge in [0.25, 0.3) is 5.91 Å².